The van der Waals surface area contributed by atoms with Crippen LogP contribution in [0.5, 0.6) is 0 Å². The highest BCUT2D eigenvalue weighted by Gasteiger charge is 2.56. The van der Waals surface area contributed by atoms with Crippen molar-refractivity contribution in [2.24, 2.45) is 16.3 Å². The van der Waals surface area contributed by atoms with Crippen LogP contribution in [0.1, 0.15) is 97.8 Å². The summed E-state index contributed by atoms with van der Waals surface area (Å²) in [7, 11) is 0. The summed E-state index contributed by atoms with van der Waals surface area (Å²) >= 11 is 1.71. The number of fused-ring (bicyclic) bond motifs is 1. The van der Waals surface area contributed by atoms with Gasteiger partial charge in [-0.2, -0.15) is 0 Å². The third kappa shape index (κ3) is 4.31. The summed E-state index contributed by atoms with van der Waals surface area (Å²) in [6, 6.07) is -0.454. The minimum atomic E-state index is -0.885. The van der Waals surface area contributed by atoms with E-state index in [1.165, 1.54) is 31.3 Å². The summed E-state index contributed by atoms with van der Waals surface area (Å²) in [6.07, 6.45) is 12.7. The molecule has 2 aliphatic heterocycles. The van der Waals surface area contributed by atoms with E-state index in [4.69, 9.17) is 4.99 Å². The second kappa shape index (κ2) is 8.68. The maximum Gasteiger partial charge on any atom is 0.325 e. The molecule has 1 saturated heterocycles. The third-order valence-corrected chi connectivity index (χ3v) is 9.78. The Labute approximate surface area is 207 Å². The number of thioether (sulfide) groups is 1. The van der Waals surface area contributed by atoms with Crippen LogP contribution in [0, 0.1) is 11.3 Å². The second-order valence-corrected chi connectivity index (χ2v) is 13.4. The minimum absolute atomic E-state index is 0.0356. The molecule has 34 heavy (non-hydrogen) atoms. The Kier molecular flexibility index (Phi) is 6.10. The quantitative estimate of drug-likeness (QED) is 0.545. The molecule has 2 N–H and O–H groups in total. The Balaban J connectivity index is 1.30. The molecule has 0 bridgehead atoms. The molecule has 0 aromatic heterocycles. The molecular weight excluding hydrogens is 448 g/mol. The van der Waals surface area contributed by atoms with Gasteiger partial charge in [0.2, 0.25) is 5.91 Å². The first kappa shape index (κ1) is 23.9. The second-order valence-electron chi connectivity index (χ2n) is 12.0. The summed E-state index contributed by atoms with van der Waals surface area (Å²) in [5, 5.41) is 6.58. The zero-order valence-corrected chi connectivity index (χ0v) is 21.6. The van der Waals surface area contributed by atoms with Crippen LogP contribution in [0.25, 0.3) is 0 Å². The van der Waals surface area contributed by atoms with Crippen molar-refractivity contribution in [2.45, 2.75) is 108 Å². The predicted octanol–water partition coefficient (Wildman–Crippen LogP) is 4.87. The Bertz CT molecular complexity index is 965. The number of urea groups is 1. The van der Waals surface area contributed by atoms with Gasteiger partial charge < -0.3 is 10.6 Å². The number of imide groups is 1. The van der Waals surface area contributed by atoms with Gasteiger partial charge in [-0.25, -0.2) is 9.79 Å². The predicted molar refractivity (Wildman–Crippen MR) is 134 cm³/mol. The van der Waals surface area contributed by atoms with Crippen molar-refractivity contribution >= 4 is 34.8 Å². The fraction of sp³-hybridized carbons (Fsp3) is 0.769. The molecule has 2 saturated carbocycles. The topological polar surface area (TPSA) is 90.9 Å². The lowest BCUT2D eigenvalue weighted by atomic mass is 9.64. The van der Waals surface area contributed by atoms with E-state index in [0.29, 0.717) is 23.9 Å². The minimum Gasteiger partial charge on any atom is -0.323 e. The first-order chi connectivity index (χ1) is 16.1. The number of aliphatic imine (C=N–C) groups is 1. The maximum atomic E-state index is 13.4. The van der Waals surface area contributed by atoms with Gasteiger partial charge >= 0.3 is 6.03 Å². The van der Waals surface area contributed by atoms with Crippen LogP contribution < -0.4 is 10.6 Å². The summed E-state index contributed by atoms with van der Waals surface area (Å²) in [6.45, 7) is 6.16. The van der Waals surface area contributed by atoms with Gasteiger partial charge in [-0.15, -0.1) is 0 Å². The fourth-order valence-corrected chi connectivity index (χ4v) is 8.95. The largest absolute Gasteiger partial charge is 0.325 e. The van der Waals surface area contributed by atoms with Crippen LogP contribution in [0.3, 0.4) is 0 Å². The van der Waals surface area contributed by atoms with Crippen molar-refractivity contribution in [3.8, 4) is 0 Å². The van der Waals surface area contributed by atoms with Gasteiger partial charge in [0.15, 0.2) is 5.17 Å². The molecule has 4 amide bonds. The molecule has 2 atom stereocenters. The average Bonchev–Trinajstić information content (AvgIpc) is 2.96. The van der Waals surface area contributed by atoms with E-state index >= 15 is 0 Å². The van der Waals surface area contributed by atoms with Gasteiger partial charge in [-0.3, -0.25) is 14.5 Å². The Morgan fingerprint density at radius 3 is 2.59 bits per heavy atom. The molecular formula is C26H38N4O3S. The number of hydrogen-bond acceptors (Lipinski definition) is 5. The zero-order valence-electron chi connectivity index (χ0n) is 20.8. The molecule has 7 nitrogen and oxygen atoms in total. The Hall–Kier alpha value is -1.83. The molecule has 0 radical (unpaired) electrons. The molecule has 3 aliphatic carbocycles. The maximum absolute atomic E-state index is 13.4. The molecule has 186 valence electrons. The van der Waals surface area contributed by atoms with Crippen LogP contribution >= 0.6 is 11.8 Å². The molecule has 0 unspecified atom stereocenters. The molecule has 8 heteroatoms. The number of nitrogens with zero attached hydrogens (tertiary/aromatic N) is 2. The normalized spacial score (nSPS) is 32.5. The standard InChI is InChI=1S/C26H38N4O3S/c1-17-13-24(2,3)16-25(14-17)21(32)30(23(33)29-25)15-20(31)28-22-27-19-10-6-5-9-18(19)26(34-22)11-7-4-8-12-26/h17H,4-16H2,1-3H3,(H,29,33)(H,27,28,31)/t17-,25-/m0/s1. The molecule has 0 aromatic rings. The van der Waals surface area contributed by atoms with Crippen molar-refractivity contribution in [3.63, 3.8) is 0 Å². The van der Waals surface area contributed by atoms with E-state index < -0.39 is 11.6 Å². The van der Waals surface area contributed by atoms with Crippen molar-refractivity contribution in [1.29, 1.82) is 0 Å². The van der Waals surface area contributed by atoms with Crippen LogP contribution in [-0.2, 0) is 9.59 Å². The average molecular weight is 487 g/mol. The summed E-state index contributed by atoms with van der Waals surface area (Å²) < 4.78 is 0.0626. The van der Waals surface area contributed by atoms with E-state index in [1.807, 2.05) is 0 Å². The summed E-state index contributed by atoms with van der Waals surface area (Å²) in [5.41, 5.74) is 1.75. The number of amidine groups is 1. The molecule has 5 rings (SSSR count). The SMILES string of the molecule is C[C@H]1CC(C)(C)C[C@]2(C1)NC(=O)N(CC(=O)NC1=NC3=C(CCCC3)C3(CCCCC3)S1)C2=O. The monoisotopic (exact) mass is 486 g/mol. The van der Waals surface area contributed by atoms with E-state index in [-0.39, 0.29) is 28.5 Å². The van der Waals surface area contributed by atoms with Gasteiger partial charge in [0, 0.05) is 10.4 Å². The molecule has 2 heterocycles. The van der Waals surface area contributed by atoms with Crippen molar-refractivity contribution in [1.82, 2.24) is 15.5 Å². The van der Waals surface area contributed by atoms with E-state index in [9.17, 15) is 14.4 Å². The third-order valence-electron chi connectivity index (χ3n) is 8.35. The molecule has 5 aliphatic rings. The summed E-state index contributed by atoms with van der Waals surface area (Å²) in [5.74, 6) is -0.272. The number of nitrogens with one attached hydrogen (secondary N) is 2. The van der Waals surface area contributed by atoms with Gasteiger partial charge in [0.05, 0.1) is 0 Å². The lowest BCUT2D eigenvalue weighted by Gasteiger charge is -2.44. The first-order valence-electron chi connectivity index (χ1n) is 13.1. The number of amides is 4. The number of hydrogen-bond donors (Lipinski definition) is 2. The zero-order chi connectivity index (χ0) is 24.1. The van der Waals surface area contributed by atoms with Crippen LogP contribution in [0.4, 0.5) is 4.79 Å². The Morgan fingerprint density at radius 2 is 1.85 bits per heavy atom. The highest BCUT2D eigenvalue weighted by atomic mass is 32.2. The number of carbonyl (C=O) groups is 3. The highest BCUT2D eigenvalue weighted by molar-refractivity contribution is 8.15. The van der Waals surface area contributed by atoms with Gasteiger partial charge in [0.25, 0.3) is 5.91 Å². The van der Waals surface area contributed by atoms with E-state index in [1.54, 1.807) is 11.8 Å². The first-order valence-corrected chi connectivity index (χ1v) is 13.9. The number of carbonyl (C=O) groups excluding carboxylic acids is 3. The van der Waals surface area contributed by atoms with Gasteiger partial charge in [-0.05, 0) is 74.7 Å². The van der Waals surface area contributed by atoms with Gasteiger partial charge in [-0.1, -0.05) is 51.8 Å². The van der Waals surface area contributed by atoms with Gasteiger partial charge in [0.1, 0.15) is 12.1 Å². The molecule has 3 fully saturated rings. The van der Waals surface area contributed by atoms with Crippen molar-refractivity contribution in [3.05, 3.63) is 11.3 Å². The highest BCUT2D eigenvalue weighted by Crippen LogP contribution is 2.52. The van der Waals surface area contributed by atoms with Crippen LogP contribution in [0.15, 0.2) is 16.3 Å². The van der Waals surface area contributed by atoms with Crippen LogP contribution in [-0.4, -0.2) is 44.7 Å². The van der Waals surface area contributed by atoms with Crippen molar-refractivity contribution < 1.29 is 14.4 Å². The van der Waals surface area contributed by atoms with E-state index in [2.05, 4.69) is 31.4 Å². The lowest BCUT2D eigenvalue weighted by molar-refractivity contribution is -0.137. The lowest BCUT2D eigenvalue weighted by Crippen LogP contribution is -2.54. The molecule has 0 aromatic carbocycles. The Morgan fingerprint density at radius 1 is 1.12 bits per heavy atom. The number of allylic oxidation sites excluding steroid dienone is 1. The fourth-order valence-electron chi connectivity index (χ4n) is 7.43. The van der Waals surface area contributed by atoms with Crippen LogP contribution in [0.2, 0.25) is 0 Å². The number of rotatable bonds is 2. The smallest absolute Gasteiger partial charge is 0.323 e. The van der Waals surface area contributed by atoms with Crippen molar-refractivity contribution in [2.75, 3.05) is 6.54 Å². The summed E-state index contributed by atoms with van der Waals surface area (Å²) in [4.78, 5) is 45.2. The van der Waals surface area contributed by atoms with E-state index in [0.717, 1.165) is 49.1 Å². The molecule has 2 spiro atoms.